The van der Waals surface area contributed by atoms with Crippen molar-refractivity contribution in [3.63, 3.8) is 0 Å². The summed E-state index contributed by atoms with van der Waals surface area (Å²) in [5.74, 6) is -6.22. The van der Waals surface area contributed by atoms with Gasteiger partial charge in [0.2, 0.25) is 17.7 Å². The Bertz CT molecular complexity index is 1240. The van der Waals surface area contributed by atoms with Gasteiger partial charge in [-0.1, -0.05) is 19.0 Å². The molecular formula is C26H30F5N5O4. The number of hydrogen-bond acceptors (Lipinski definition) is 6. The van der Waals surface area contributed by atoms with Crippen molar-refractivity contribution < 1.29 is 40.9 Å². The molecule has 1 aliphatic carbocycles. The third-order valence-corrected chi connectivity index (χ3v) is 7.33. The van der Waals surface area contributed by atoms with Crippen LogP contribution in [0.3, 0.4) is 0 Å². The van der Waals surface area contributed by atoms with E-state index in [1.54, 1.807) is 13.8 Å². The molecule has 0 spiro atoms. The van der Waals surface area contributed by atoms with Gasteiger partial charge in [-0.2, -0.15) is 13.2 Å². The molecule has 3 N–H and O–H groups in total. The van der Waals surface area contributed by atoms with Crippen molar-refractivity contribution in [3.8, 4) is 0 Å². The van der Waals surface area contributed by atoms with E-state index in [-0.39, 0.29) is 36.6 Å². The highest BCUT2D eigenvalue weighted by molar-refractivity contribution is 6.01. The number of halogens is 5. The number of carbonyl (C=O) groups excluding carboxylic acids is 3. The summed E-state index contributed by atoms with van der Waals surface area (Å²) in [4.78, 5) is 42.6. The molecule has 2 aromatic heterocycles. The maximum Gasteiger partial charge on any atom is 0.408 e. The van der Waals surface area contributed by atoms with Crippen molar-refractivity contribution in [2.45, 2.75) is 82.5 Å². The van der Waals surface area contributed by atoms with Crippen molar-refractivity contribution in [1.29, 1.82) is 0 Å². The number of alkyl halides is 5. The molecule has 0 unspecified atom stereocenters. The summed E-state index contributed by atoms with van der Waals surface area (Å²) in [7, 11) is 0. The van der Waals surface area contributed by atoms with Crippen molar-refractivity contribution in [2.75, 3.05) is 5.32 Å². The van der Waals surface area contributed by atoms with Gasteiger partial charge in [0.1, 0.15) is 23.5 Å². The summed E-state index contributed by atoms with van der Waals surface area (Å²) < 4.78 is 71.9. The van der Waals surface area contributed by atoms with E-state index in [9.17, 15) is 36.3 Å². The molecule has 218 valence electrons. The Labute approximate surface area is 226 Å². The molecular weight excluding hydrogens is 541 g/mol. The molecule has 40 heavy (non-hydrogen) atoms. The Kier molecular flexibility index (Phi) is 8.45. The average molecular weight is 572 g/mol. The molecule has 0 radical (unpaired) electrons. The van der Waals surface area contributed by atoms with Gasteiger partial charge in [-0.05, 0) is 49.3 Å². The molecule has 1 saturated heterocycles. The third kappa shape index (κ3) is 6.94. The van der Waals surface area contributed by atoms with Gasteiger partial charge < -0.3 is 20.5 Å². The van der Waals surface area contributed by atoms with E-state index in [1.807, 2.05) is 5.32 Å². The second-order valence-corrected chi connectivity index (χ2v) is 10.7. The van der Waals surface area contributed by atoms with Crippen LogP contribution in [0.5, 0.6) is 0 Å². The number of amides is 3. The summed E-state index contributed by atoms with van der Waals surface area (Å²) in [6.07, 6.45) is -3.28. The van der Waals surface area contributed by atoms with Crippen LogP contribution in [-0.2, 0) is 16.0 Å². The first-order chi connectivity index (χ1) is 18.7. The normalized spacial score (nSPS) is 22.1. The number of carbonyl (C=O) groups is 3. The third-order valence-electron chi connectivity index (χ3n) is 7.33. The highest BCUT2D eigenvalue weighted by atomic mass is 19.4. The highest BCUT2D eigenvalue weighted by Crippen LogP contribution is 2.38. The molecule has 2 aromatic rings. The molecule has 3 amide bonds. The quantitative estimate of drug-likeness (QED) is 0.404. The first-order valence-corrected chi connectivity index (χ1v) is 13.0. The fourth-order valence-corrected chi connectivity index (χ4v) is 5.14. The summed E-state index contributed by atoms with van der Waals surface area (Å²) in [5.41, 5.74) is 0.596. The summed E-state index contributed by atoms with van der Waals surface area (Å²) >= 11 is 0. The monoisotopic (exact) mass is 571 g/mol. The van der Waals surface area contributed by atoms with Crippen LogP contribution in [0.25, 0.3) is 0 Å². The minimum absolute atomic E-state index is 0.00330. The minimum Gasteiger partial charge on any atom is -0.360 e. The fraction of sp³-hybridized carbons (Fsp3) is 0.577. The van der Waals surface area contributed by atoms with Gasteiger partial charge in [-0.25, -0.2) is 13.8 Å². The average Bonchev–Trinajstić information content (AvgIpc) is 3.50. The Morgan fingerprint density at radius 1 is 1.23 bits per heavy atom. The Hall–Kier alpha value is -3.58. The minimum atomic E-state index is -4.55. The zero-order valence-corrected chi connectivity index (χ0v) is 21.9. The van der Waals surface area contributed by atoms with E-state index in [0.717, 1.165) is 0 Å². The molecule has 1 saturated carbocycles. The predicted molar refractivity (Wildman–Crippen MR) is 131 cm³/mol. The van der Waals surface area contributed by atoms with Crippen LogP contribution >= 0.6 is 0 Å². The van der Waals surface area contributed by atoms with Crippen LogP contribution in [0.1, 0.15) is 73.6 Å². The second kappa shape index (κ2) is 11.5. The lowest BCUT2D eigenvalue weighted by Gasteiger charge is -2.33. The molecule has 4 rings (SSSR count). The smallest absolute Gasteiger partial charge is 0.360 e. The molecule has 3 heterocycles. The van der Waals surface area contributed by atoms with Crippen LogP contribution in [0.4, 0.5) is 27.8 Å². The maximum absolute atomic E-state index is 13.8. The second-order valence-electron chi connectivity index (χ2n) is 10.7. The topological polar surface area (TPSA) is 126 Å². The fourth-order valence-electron chi connectivity index (χ4n) is 5.14. The number of rotatable bonds is 8. The molecule has 2 aliphatic rings. The molecule has 1 aliphatic heterocycles. The molecule has 14 heteroatoms. The van der Waals surface area contributed by atoms with E-state index in [0.29, 0.717) is 11.3 Å². The molecule has 0 aromatic carbocycles. The molecule has 0 bridgehead atoms. The predicted octanol–water partition coefficient (Wildman–Crippen LogP) is 4.37. The first-order valence-electron chi connectivity index (χ1n) is 13.0. The number of pyridine rings is 1. The lowest BCUT2D eigenvalue weighted by molar-refractivity contribution is -0.154. The van der Waals surface area contributed by atoms with Crippen LogP contribution in [0, 0.1) is 11.8 Å². The number of nitrogens with zero attached hydrogens (tertiary/aromatic N) is 2. The lowest BCUT2D eigenvalue weighted by Crippen LogP contribution is -2.50. The maximum atomic E-state index is 13.8. The highest BCUT2D eigenvalue weighted by Gasteiger charge is 2.47. The van der Waals surface area contributed by atoms with Gasteiger partial charge in [0.05, 0.1) is 6.20 Å². The van der Waals surface area contributed by atoms with Gasteiger partial charge >= 0.3 is 6.18 Å². The van der Waals surface area contributed by atoms with Crippen LogP contribution in [0.15, 0.2) is 29.0 Å². The van der Waals surface area contributed by atoms with E-state index < -0.39 is 73.0 Å². The van der Waals surface area contributed by atoms with E-state index >= 15 is 0 Å². The molecule has 2 fully saturated rings. The standard InChI is InChI=1S/C26H30F5N5O4/c1-13(2)21-17(12-33-40-21)23(38)36-20(15-3-6-25(27,28)7-4-15)24(39)35-19-10-14(5-8-32-19)9-16-11-18(26(29,30)31)34-22(16)37/h5,8,10,12-13,15-16,18,20H,3-4,6-7,9,11H2,1-2H3,(H,34,37)(H,36,38)(H,32,35,39)/t16-,18-,20-/m0/s1. The Morgan fingerprint density at radius 3 is 2.55 bits per heavy atom. The molecule has 3 atom stereocenters. The SMILES string of the molecule is CC(C)c1oncc1C(=O)N[C@H](C(=O)Nc1cc(C[C@H]2C[C@@H](C(F)(F)F)NC2=O)ccn1)C1CCC(F)(F)CC1. The van der Waals surface area contributed by atoms with Gasteiger partial charge in [-0.3, -0.25) is 14.4 Å². The Balaban J connectivity index is 1.48. The molecule has 9 nitrogen and oxygen atoms in total. The first kappa shape index (κ1) is 29.4. The van der Waals surface area contributed by atoms with Crippen molar-refractivity contribution in [3.05, 3.63) is 41.4 Å². The number of aromatic nitrogens is 2. The summed E-state index contributed by atoms with van der Waals surface area (Å²) in [5, 5.41) is 10.8. The van der Waals surface area contributed by atoms with Crippen LogP contribution in [-0.4, -0.2) is 52.0 Å². The van der Waals surface area contributed by atoms with Crippen LogP contribution < -0.4 is 16.0 Å². The zero-order valence-electron chi connectivity index (χ0n) is 21.9. The van der Waals surface area contributed by atoms with E-state index in [1.165, 1.54) is 24.5 Å². The van der Waals surface area contributed by atoms with E-state index in [4.69, 9.17) is 4.52 Å². The van der Waals surface area contributed by atoms with Crippen LogP contribution in [0.2, 0.25) is 0 Å². The van der Waals surface area contributed by atoms with Gasteiger partial charge in [0.15, 0.2) is 5.76 Å². The largest absolute Gasteiger partial charge is 0.408 e. The van der Waals surface area contributed by atoms with Gasteiger partial charge in [-0.15, -0.1) is 0 Å². The summed E-state index contributed by atoms with van der Waals surface area (Å²) in [6.45, 7) is 3.59. The van der Waals surface area contributed by atoms with E-state index in [2.05, 4.69) is 20.8 Å². The Morgan fingerprint density at radius 2 is 1.93 bits per heavy atom. The number of hydrogen-bond donors (Lipinski definition) is 3. The number of nitrogens with one attached hydrogen (secondary N) is 3. The van der Waals surface area contributed by atoms with Crippen molar-refractivity contribution in [2.24, 2.45) is 11.8 Å². The van der Waals surface area contributed by atoms with Gasteiger partial charge in [0, 0.05) is 30.9 Å². The summed E-state index contributed by atoms with van der Waals surface area (Å²) in [6, 6.07) is -0.153. The zero-order chi connectivity index (χ0) is 29.2. The number of anilines is 1. The van der Waals surface area contributed by atoms with Crippen molar-refractivity contribution in [1.82, 2.24) is 20.8 Å². The van der Waals surface area contributed by atoms with Crippen molar-refractivity contribution >= 4 is 23.5 Å². The lowest BCUT2D eigenvalue weighted by atomic mass is 9.81. The van der Waals surface area contributed by atoms with Gasteiger partial charge in [0.25, 0.3) is 5.91 Å².